The third-order valence-electron chi connectivity index (χ3n) is 2.44. The molecule has 6 heteroatoms. The number of ether oxygens (including phenoxy) is 1. The molecule has 0 aliphatic heterocycles. The first-order valence-electron chi connectivity index (χ1n) is 5.87. The van der Waals surface area contributed by atoms with E-state index in [2.05, 4.69) is 10.6 Å². The Kier molecular flexibility index (Phi) is 7.27. The quantitative estimate of drug-likeness (QED) is 0.722. The summed E-state index contributed by atoms with van der Waals surface area (Å²) in [5.74, 6) is 0.000561. The first-order valence-corrected chi connectivity index (χ1v) is 7.07. The van der Waals surface area contributed by atoms with Crippen LogP contribution in [0.2, 0.25) is 4.34 Å². The summed E-state index contributed by atoms with van der Waals surface area (Å²) in [6.07, 6.45) is 0.832. The van der Waals surface area contributed by atoms with Gasteiger partial charge < -0.3 is 15.4 Å². The van der Waals surface area contributed by atoms with Gasteiger partial charge in [0.1, 0.15) is 0 Å². The van der Waals surface area contributed by atoms with E-state index in [-0.39, 0.29) is 11.9 Å². The molecule has 0 saturated carbocycles. The van der Waals surface area contributed by atoms with Gasteiger partial charge in [0, 0.05) is 31.2 Å². The first-order chi connectivity index (χ1) is 8.63. The van der Waals surface area contributed by atoms with E-state index in [0.717, 1.165) is 15.6 Å². The highest BCUT2D eigenvalue weighted by atomic mass is 35.5. The van der Waals surface area contributed by atoms with E-state index < -0.39 is 0 Å². The maximum absolute atomic E-state index is 11.5. The number of carbonyl (C=O) groups is 1. The van der Waals surface area contributed by atoms with Gasteiger partial charge in [-0.2, -0.15) is 0 Å². The van der Waals surface area contributed by atoms with E-state index in [1.807, 2.05) is 19.1 Å². The van der Waals surface area contributed by atoms with Crippen LogP contribution in [0.5, 0.6) is 0 Å². The minimum atomic E-state index is 0.000561. The van der Waals surface area contributed by atoms with Gasteiger partial charge in [0.2, 0.25) is 5.91 Å². The number of carbonyl (C=O) groups excluding carboxylic acids is 1. The average Bonchev–Trinajstić information content (AvgIpc) is 2.78. The topological polar surface area (TPSA) is 50.4 Å². The SMILES string of the molecule is COCCCNC(=O)CNC(C)c1ccc(Cl)s1. The van der Waals surface area contributed by atoms with E-state index in [1.165, 1.54) is 11.3 Å². The number of rotatable bonds is 8. The van der Waals surface area contributed by atoms with Crippen LogP contribution in [-0.4, -0.2) is 32.7 Å². The highest BCUT2D eigenvalue weighted by Gasteiger charge is 2.09. The van der Waals surface area contributed by atoms with Crippen molar-refractivity contribution in [3.05, 3.63) is 21.3 Å². The zero-order valence-electron chi connectivity index (χ0n) is 10.7. The zero-order valence-corrected chi connectivity index (χ0v) is 12.2. The molecule has 18 heavy (non-hydrogen) atoms. The van der Waals surface area contributed by atoms with Gasteiger partial charge >= 0.3 is 0 Å². The van der Waals surface area contributed by atoms with Crippen molar-refractivity contribution in [2.24, 2.45) is 0 Å². The average molecular weight is 291 g/mol. The van der Waals surface area contributed by atoms with Crippen molar-refractivity contribution in [1.29, 1.82) is 0 Å². The Morgan fingerprint density at radius 1 is 1.56 bits per heavy atom. The van der Waals surface area contributed by atoms with Crippen LogP contribution < -0.4 is 10.6 Å². The molecule has 4 nitrogen and oxygen atoms in total. The van der Waals surface area contributed by atoms with Crippen molar-refractivity contribution >= 4 is 28.8 Å². The molecule has 0 radical (unpaired) electrons. The molecule has 1 aromatic rings. The van der Waals surface area contributed by atoms with E-state index in [0.29, 0.717) is 19.7 Å². The van der Waals surface area contributed by atoms with E-state index in [4.69, 9.17) is 16.3 Å². The second-order valence-corrected chi connectivity index (χ2v) is 5.69. The molecule has 1 rings (SSSR count). The molecule has 2 N–H and O–H groups in total. The van der Waals surface area contributed by atoms with E-state index in [9.17, 15) is 4.79 Å². The molecule has 1 unspecified atom stereocenters. The van der Waals surface area contributed by atoms with Gasteiger partial charge in [0.05, 0.1) is 10.9 Å². The Morgan fingerprint density at radius 3 is 2.94 bits per heavy atom. The van der Waals surface area contributed by atoms with Crippen LogP contribution in [0.4, 0.5) is 0 Å². The largest absolute Gasteiger partial charge is 0.385 e. The Hall–Kier alpha value is -0.620. The third-order valence-corrected chi connectivity index (χ3v) is 3.85. The van der Waals surface area contributed by atoms with Crippen molar-refractivity contribution in [2.45, 2.75) is 19.4 Å². The Labute approximate surface area is 117 Å². The van der Waals surface area contributed by atoms with Crippen molar-refractivity contribution in [1.82, 2.24) is 10.6 Å². The number of amides is 1. The highest BCUT2D eigenvalue weighted by molar-refractivity contribution is 7.16. The summed E-state index contributed by atoms with van der Waals surface area (Å²) in [5, 5.41) is 5.99. The number of halogens is 1. The van der Waals surface area contributed by atoms with Crippen molar-refractivity contribution in [2.75, 3.05) is 26.8 Å². The lowest BCUT2D eigenvalue weighted by Gasteiger charge is -2.12. The Balaban J connectivity index is 2.18. The molecule has 0 saturated heterocycles. The molecule has 0 aliphatic carbocycles. The summed E-state index contributed by atoms with van der Waals surface area (Å²) in [4.78, 5) is 12.6. The van der Waals surface area contributed by atoms with Crippen LogP contribution in [-0.2, 0) is 9.53 Å². The second kappa shape index (κ2) is 8.48. The zero-order chi connectivity index (χ0) is 13.4. The fourth-order valence-electron chi connectivity index (χ4n) is 1.41. The number of hydrogen-bond donors (Lipinski definition) is 2. The lowest BCUT2D eigenvalue weighted by atomic mass is 10.3. The molecular weight excluding hydrogens is 272 g/mol. The van der Waals surface area contributed by atoms with Crippen LogP contribution >= 0.6 is 22.9 Å². The van der Waals surface area contributed by atoms with Gasteiger partial charge in [-0.05, 0) is 25.5 Å². The lowest BCUT2D eigenvalue weighted by Crippen LogP contribution is -2.35. The number of nitrogens with one attached hydrogen (secondary N) is 2. The maximum Gasteiger partial charge on any atom is 0.233 e. The molecule has 1 amide bonds. The fraction of sp³-hybridized carbons (Fsp3) is 0.583. The lowest BCUT2D eigenvalue weighted by molar-refractivity contribution is -0.120. The summed E-state index contributed by atoms with van der Waals surface area (Å²) >= 11 is 7.39. The highest BCUT2D eigenvalue weighted by Crippen LogP contribution is 2.26. The Morgan fingerprint density at radius 2 is 2.33 bits per heavy atom. The third kappa shape index (κ3) is 5.82. The molecule has 0 spiro atoms. The predicted molar refractivity (Wildman–Crippen MR) is 75.2 cm³/mol. The smallest absolute Gasteiger partial charge is 0.233 e. The normalized spacial score (nSPS) is 12.4. The molecule has 0 aromatic carbocycles. The molecule has 1 aromatic heterocycles. The van der Waals surface area contributed by atoms with Crippen LogP contribution in [0.25, 0.3) is 0 Å². The van der Waals surface area contributed by atoms with Gasteiger partial charge in [0.15, 0.2) is 0 Å². The molecule has 102 valence electrons. The molecule has 0 fully saturated rings. The Bertz CT molecular complexity index is 371. The summed E-state index contributed by atoms with van der Waals surface area (Å²) < 4.78 is 5.67. The molecule has 1 atom stereocenters. The summed E-state index contributed by atoms with van der Waals surface area (Å²) in [5.41, 5.74) is 0. The molecular formula is C12H19ClN2O2S. The van der Waals surface area contributed by atoms with Crippen LogP contribution in [0.1, 0.15) is 24.3 Å². The minimum Gasteiger partial charge on any atom is -0.385 e. The molecule has 0 aliphatic rings. The molecule has 0 bridgehead atoms. The summed E-state index contributed by atoms with van der Waals surface area (Å²) in [7, 11) is 1.65. The van der Waals surface area contributed by atoms with Gasteiger partial charge in [0.25, 0.3) is 0 Å². The second-order valence-electron chi connectivity index (χ2n) is 3.94. The van der Waals surface area contributed by atoms with Crippen LogP contribution in [0.3, 0.4) is 0 Å². The van der Waals surface area contributed by atoms with Gasteiger partial charge in [-0.3, -0.25) is 4.79 Å². The van der Waals surface area contributed by atoms with Crippen LogP contribution in [0, 0.1) is 0 Å². The van der Waals surface area contributed by atoms with E-state index in [1.54, 1.807) is 7.11 Å². The molecule has 1 heterocycles. The number of hydrogen-bond acceptors (Lipinski definition) is 4. The first kappa shape index (κ1) is 15.4. The van der Waals surface area contributed by atoms with Gasteiger partial charge in [-0.1, -0.05) is 11.6 Å². The monoisotopic (exact) mass is 290 g/mol. The predicted octanol–water partition coefficient (Wildman–Crippen LogP) is 2.20. The maximum atomic E-state index is 11.5. The number of thiophene rings is 1. The standard InChI is InChI=1S/C12H19ClN2O2S/c1-9(10-4-5-11(13)18-10)15-8-12(16)14-6-3-7-17-2/h4-5,9,15H,3,6-8H2,1-2H3,(H,14,16). The summed E-state index contributed by atoms with van der Waals surface area (Å²) in [6, 6.07) is 3.97. The van der Waals surface area contributed by atoms with E-state index >= 15 is 0 Å². The van der Waals surface area contributed by atoms with Crippen molar-refractivity contribution in [3.63, 3.8) is 0 Å². The van der Waals surface area contributed by atoms with Gasteiger partial charge in [-0.25, -0.2) is 0 Å². The van der Waals surface area contributed by atoms with Gasteiger partial charge in [-0.15, -0.1) is 11.3 Å². The minimum absolute atomic E-state index is 0.000561. The van der Waals surface area contributed by atoms with Crippen LogP contribution in [0.15, 0.2) is 12.1 Å². The number of methoxy groups -OCH3 is 1. The fourth-order valence-corrected chi connectivity index (χ4v) is 2.50. The summed E-state index contributed by atoms with van der Waals surface area (Å²) in [6.45, 7) is 3.63. The van der Waals surface area contributed by atoms with Crippen molar-refractivity contribution in [3.8, 4) is 0 Å². The van der Waals surface area contributed by atoms with Crippen molar-refractivity contribution < 1.29 is 9.53 Å².